The van der Waals surface area contributed by atoms with Crippen LogP contribution < -0.4 is 10.0 Å². The van der Waals surface area contributed by atoms with Crippen LogP contribution in [0, 0.1) is 12.3 Å². The van der Waals surface area contributed by atoms with Crippen LogP contribution in [0.5, 0.6) is 0 Å². The normalized spacial score (nSPS) is 12.2. The highest BCUT2D eigenvalue weighted by Crippen LogP contribution is 2.13. The van der Waals surface area contributed by atoms with Gasteiger partial charge in [0.2, 0.25) is 10.0 Å². The van der Waals surface area contributed by atoms with Gasteiger partial charge in [-0.25, -0.2) is 8.42 Å². The standard InChI is InChI=1S/C19H19BrN2O3S/c1-3-12-21-26(24,25)18-10-6-16(7-11-18)19(23)22-14(2)13-15-4-8-17(20)9-5-15/h1,4-11,14,21H,12-13H2,2H3,(H,22,23). The molecule has 1 amide bonds. The summed E-state index contributed by atoms with van der Waals surface area (Å²) in [7, 11) is -3.66. The minimum Gasteiger partial charge on any atom is -0.349 e. The molecule has 0 saturated carbocycles. The van der Waals surface area contributed by atoms with E-state index in [2.05, 4.69) is 31.9 Å². The minimum absolute atomic E-state index is 0.0622. The molecule has 7 heteroatoms. The number of amides is 1. The van der Waals surface area contributed by atoms with Gasteiger partial charge in [-0.3, -0.25) is 4.79 Å². The van der Waals surface area contributed by atoms with Gasteiger partial charge in [0.05, 0.1) is 11.4 Å². The quantitative estimate of drug-likeness (QED) is 0.657. The van der Waals surface area contributed by atoms with Gasteiger partial charge < -0.3 is 5.32 Å². The van der Waals surface area contributed by atoms with E-state index in [9.17, 15) is 13.2 Å². The van der Waals surface area contributed by atoms with E-state index in [1.165, 1.54) is 24.3 Å². The summed E-state index contributed by atoms with van der Waals surface area (Å²) in [6, 6.07) is 13.6. The first-order valence-corrected chi connectivity index (χ1v) is 10.2. The van der Waals surface area contributed by atoms with Crippen molar-refractivity contribution in [3.8, 4) is 12.3 Å². The average Bonchev–Trinajstić information content (AvgIpc) is 2.62. The highest BCUT2D eigenvalue weighted by molar-refractivity contribution is 9.10. The van der Waals surface area contributed by atoms with Crippen molar-refractivity contribution in [2.45, 2.75) is 24.3 Å². The van der Waals surface area contributed by atoms with Crippen LogP contribution in [0.25, 0.3) is 0 Å². The Balaban J connectivity index is 1.99. The van der Waals surface area contributed by atoms with E-state index < -0.39 is 10.0 Å². The first kappa shape index (κ1) is 20.2. The molecule has 2 aromatic rings. The number of carbonyl (C=O) groups is 1. The number of sulfonamides is 1. The van der Waals surface area contributed by atoms with Gasteiger partial charge in [-0.2, -0.15) is 4.72 Å². The van der Waals surface area contributed by atoms with Crippen LogP contribution in [-0.2, 0) is 16.4 Å². The van der Waals surface area contributed by atoms with E-state index in [4.69, 9.17) is 6.42 Å². The zero-order chi connectivity index (χ0) is 19.2. The van der Waals surface area contributed by atoms with E-state index in [1.807, 2.05) is 31.2 Å². The molecule has 2 aromatic carbocycles. The molecule has 0 aliphatic carbocycles. The molecule has 2 N–H and O–H groups in total. The largest absolute Gasteiger partial charge is 0.349 e. The molecule has 0 heterocycles. The van der Waals surface area contributed by atoms with Crippen LogP contribution in [0.3, 0.4) is 0 Å². The third-order valence-corrected chi connectivity index (χ3v) is 5.57. The van der Waals surface area contributed by atoms with Crippen LogP contribution in [0.1, 0.15) is 22.8 Å². The van der Waals surface area contributed by atoms with Gasteiger partial charge in [-0.1, -0.05) is 34.0 Å². The van der Waals surface area contributed by atoms with Crippen molar-refractivity contribution in [1.29, 1.82) is 0 Å². The molecule has 0 aliphatic heterocycles. The minimum atomic E-state index is -3.66. The maximum atomic E-state index is 12.3. The number of nitrogens with one attached hydrogen (secondary N) is 2. The summed E-state index contributed by atoms with van der Waals surface area (Å²) in [6.07, 6.45) is 5.75. The summed E-state index contributed by atoms with van der Waals surface area (Å²) in [5.74, 6) is 1.96. The lowest BCUT2D eigenvalue weighted by molar-refractivity contribution is 0.0940. The lowest BCUT2D eigenvalue weighted by atomic mass is 10.1. The van der Waals surface area contributed by atoms with E-state index >= 15 is 0 Å². The molecule has 1 atom stereocenters. The fourth-order valence-electron chi connectivity index (χ4n) is 2.34. The smallest absolute Gasteiger partial charge is 0.251 e. The predicted octanol–water partition coefficient (Wildman–Crippen LogP) is 2.72. The summed E-state index contributed by atoms with van der Waals surface area (Å²) < 4.78 is 27.2. The number of rotatable bonds is 7. The molecule has 136 valence electrons. The van der Waals surface area contributed by atoms with Gasteiger partial charge in [0.25, 0.3) is 5.91 Å². The maximum Gasteiger partial charge on any atom is 0.251 e. The number of carbonyl (C=O) groups excluding carboxylic acids is 1. The van der Waals surface area contributed by atoms with Crippen molar-refractivity contribution >= 4 is 31.9 Å². The summed E-state index contributed by atoms with van der Waals surface area (Å²) in [5.41, 5.74) is 1.51. The lowest BCUT2D eigenvalue weighted by Crippen LogP contribution is -2.34. The van der Waals surface area contributed by atoms with E-state index in [0.717, 1.165) is 10.0 Å². The van der Waals surface area contributed by atoms with Crippen molar-refractivity contribution in [3.05, 3.63) is 64.1 Å². The van der Waals surface area contributed by atoms with Crippen molar-refractivity contribution < 1.29 is 13.2 Å². The second kappa shape index (κ2) is 8.99. The monoisotopic (exact) mass is 434 g/mol. The van der Waals surface area contributed by atoms with Crippen molar-refractivity contribution in [2.75, 3.05) is 6.54 Å². The van der Waals surface area contributed by atoms with E-state index in [0.29, 0.717) is 12.0 Å². The van der Waals surface area contributed by atoms with Gasteiger partial charge in [0.1, 0.15) is 0 Å². The maximum absolute atomic E-state index is 12.3. The van der Waals surface area contributed by atoms with Crippen LogP contribution in [0.15, 0.2) is 57.9 Å². The molecule has 0 fully saturated rings. The molecule has 0 aliphatic rings. The first-order chi connectivity index (χ1) is 12.3. The number of terminal acetylenes is 1. The molecule has 0 saturated heterocycles. The lowest BCUT2D eigenvalue weighted by Gasteiger charge is -2.14. The molecule has 0 aromatic heterocycles. The Morgan fingerprint density at radius 2 is 1.77 bits per heavy atom. The van der Waals surface area contributed by atoms with Crippen molar-refractivity contribution in [1.82, 2.24) is 10.0 Å². The van der Waals surface area contributed by atoms with Gasteiger partial charge in [0.15, 0.2) is 0 Å². The zero-order valence-electron chi connectivity index (χ0n) is 14.2. The van der Waals surface area contributed by atoms with Crippen molar-refractivity contribution in [3.63, 3.8) is 0 Å². The molecule has 0 spiro atoms. The van der Waals surface area contributed by atoms with Crippen LogP contribution >= 0.6 is 15.9 Å². The molecule has 2 rings (SSSR count). The number of benzene rings is 2. The van der Waals surface area contributed by atoms with Gasteiger partial charge in [-0.05, 0) is 55.3 Å². The first-order valence-electron chi connectivity index (χ1n) is 7.90. The Morgan fingerprint density at radius 1 is 1.15 bits per heavy atom. The SMILES string of the molecule is C#CCNS(=O)(=O)c1ccc(C(=O)NC(C)Cc2ccc(Br)cc2)cc1. The number of hydrogen-bond acceptors (Lipinski definition) is 3. The molecule has 0 bridgehead atoms. The van der Waals surface area contributed by atoms with Crippen LogP contribution in [0.2, 0.25) is 0 Å². The fourth-order valence-corrected chi connectivity index (χ4v) is 3.54. The Hall–Kier alpha value is -2.14. The third-order valence-electron chi connectivity index (χ3n) is 3.62. The number of hydrogen-bond donors (Lipinski definition) is 2. The van der Waals surface area contributed by atoms with Crippen LogP contribution in [0.4, 0.5) is 0 Å². The molecule has 0 radical (unpaired) electrons. The summed E-state index contributed by atoms with van der Waals surface area (Å²) in [6.45, 7) is 1.83. The summed E-state index contributed by atoms with van der Waals surface area (Å²) in [5, 5.41) is 2.91. The topological polar surface area (TPSA) is 75.3 Å². The van der Waals surface area contributed by atoms with E-state index in [1.54, 1.807) is 0 Å². The second-order valence-electron chi connectivity index (χ2n) is 5.76. The highest BCUT2D eigenvalue weighted by atomic mass is 79.9. The molecular weight excluding hydrogens is 416 g/mol. The molecule has 1 unspecified atom stereocenters. The Kier molecular flexibility index (Phi) is 6.98. The highest BCUT2D eigenvalue weighted by Gasteiger charge is 2.15. The third kappa shape index (κ3) is 5.70. The Labute approximate surface area is 162 Å². The van der Waals surface area contributed by atoms with Gasteiger partial charge >= 0.3 is 0 Å². The Morgan fingerprint density at radius 3 is 2.35 bits per heavy atom. The summed E-state index contributed by atoms with van der Waals surface area (Å²) in [4.78, 5) is 12.4. The average molecular weight is 435 g/mol. The molecule has 5 nitrogen and oxygen atoms in total. The predicted molar refractivity (Wildman–Crippen MR) is 105 cm³/mol. The van der Waals surface area contributed by atoms with Gasteiger partial charge in [0, 0.05) is 16.1 Å². The number of halogens is 1. The van der Waals surface area contributed by atoms with Crippen LogP contribution in [-0.4, -0.2) is 26.9 Å². The fraction of sp³-hybridized carbons (Fsp3) is 0.211. The Bertz CT molecular complexity index is 901. The zero-order valence-corrected chi connectivity index (χ0v) is 16.6. The van der Waals surface area contributed by atoms with Gasteiger partial charge in [-0.15, -0.1) is 6.42 Å². The molecular formula is C19H19BrN2O3S. The van der Waals surface area contributed by atoms with E-state index in [-0.39, 0.29) is 23.4 Å². The summed E-state index contributed by atoms with van der Waals surface area (Å²) >= 11 is 3.39. The molecule has 26 heavy (non-hydrogen) atoms. The second-order valence-corrected chi connectivity index (χ2v) is 8.44. The van der Waals surface area contributed by atoms with Crippen molar-refractivity contribution in [2.24, 2.45) is 0 Å².